The van der Waals surface area contributed by atoms with Gasteiger partial charge in [-0.3, -0.25) is 4.79 Å². The van der Waals surface area contributed by atoms with Crippen molar-refractivity contribution in [2.45, 2.75) is 6.54 Å². The quantitative estimate of drug-likeness (QED) is 0.694. The molecule has 3 aromatic rings. The largest absolute Gasteiger partial charge is 0.484 e. The van der Waals surface area contributed by atoms with Gasteiger partial charge in [0, 0.05) is 0 Å². The highest BCUT2D eigenvalue weighted by molar-refractivity contribution is 5.90. The van der Waals surface area contributed by atoms with Gasteiger partial charge in [-0.25, -0.2) is 0 Å². The van der Waals surface area contributed by atoms with Gasteiger partial charge < -0.3 is 19.8 Å². The molecule has 2 N–H and O–H groups in total. The highest BCUT2D eigenvalue weighted by atomic mass is 16.5. The first-order chi connectivity index (χ1) is 11.8. The molecule has 7 nitrogen and oxygen atoms in total. The Balaban J connectivity index is 1.45. The van der Waals surface area contributed by atoms with Crippen molar-refractivity contribution in [3.63, 3.8) is 0 Å². The Morgan fingerprint density at radius 3 is 2.50 bits per heavy atom. The van der Waals surface area contributed by atoms with Crippen molar-refractivity contribution < 1.29 is 13.9 Å². The van der Waals surface area contributed by atoms with E-state index in [1.54, 1.807) is 30.5 Å². The number of nitrogens with one attached hydrogen (secondary N) is 2. The highest BCUT2D eigenvalue weighted by Gasteiger charge is 2.05. The summed E-state index contributed by atoms with van der Waals surface area (Å²) in [4.78, 5) is 11.8. The minimum atomic E-state index is -0.301. The van der Waals surface area contributed by atoms with Crippen LogP contribution in [0.25, 0.3) is 0 Å². The smallest absolute Gasteiger partial charge is 0.263 e. The van der Waals surface area contributed by atoms with Gasteiger partial charge in [0.1, 0.15) is 17.3 Å². The van der Waals surface area contributed by atoms with Crippen LogP contribution in [0.5, 0.6) is 5.75 Å². The molecule has 1 aromatic carbocycles. The number of hydrogen-bond donors (Lipinski definition) is 2. The van der Waals surface area contributed by atoms with Crippen LogP contribution >= 0.6 is 0 Å². The van der Waals surface area contributed by atoms with E-state index in [9.17, 15) is 4.79 Å². The van der Waals surface area contributed by atoms with Crippen LogP contribution in [-0.2, 0) is 11.3 Å². The molecule has 7 heteroatoms. The Morgan fingerprint density at radius 2 is 1.79 bits per heavy atom. The number of furan rings is 1. The van der Waals surface area contributed by atoms with Crippen molar-refractivity contribution in [3.8, 4) is 5.75 Å². The zero-order valence-corrected chi connectivity index (χ0v) is 12.8. The van der Waals surface area contributed by atoms with Gasteiger partial charge in [0.25, 0.3) is 5.91 Å². The molecule has 0 fully saturated rings. The predicted molar refractivity (Wildman–Crippen MR) is 88.6 cm³/mol. The molecule has 1 amide bonds. The standard InChI is InChI=1S/C17H16N4O3/c22-17(12-24-13-5-2-1-3-6-13)19-16-9-8-15(20-21-16)18-11-14-7-4-10-23-14/h1-10H,11-12H2,(H,18,20)(H,19,21,22). The molecule has 24 heavy (non-hydrogen) atoms. The summed E-state index contributed by atoms with van der Waals surface area (Å²) < 4.78 is 10.6. The number of carbonyl (C=O) groups excluding carboxylic acids is 1. The summed E-state index contributed by atoms with van der Waals surface area (Å²) in [5, 5.41) is 13.6. The van der Waals surface area contributed by atoms with Gasteiger partial charge in [-0.1, -0.05) is 18.2 Å². The lowest BCUT2D eigenvalue weighted by Gasteiger charge is -2.07. The number of nitrogens with zero attached hydrogens (tertiary/aromatic N) is 2. The Labute approximate surface area is 138 Å². The van der Waals surface area contributed by atoms with Crippen LogP contribution in [0.2, 0.25) is 0 Å². The zero-order valence-electron chi connectivity index (χ0n) is 12.8. The van der Waals surface area contributed by atoms with Crippen molar-refractivity contribution in [3.05, 3.63) is 66.6 Å². The summed E-state index contributed by atoms with van der Waals surface area (Å²) in [7, 11) is 0. The lowest BCUT2D eigenvalue weighted by atomic mass is 10.3. The number of anilines is 2. The van der Waals surface area contributed by atoms with Gasteiger partial charge >= 0.3 is 0 Å². The average Bonchev–Trinajstić information content (AvgIpc) is 3.14. The molecule has 0 atom stereocenters. The molecule has 0 saturated carbocycles. The van der Waals surface area contributed by atoms with Gasteiger partial charge in [0.15, 0.2) is 12.4 Å². The van der Waals surface area contributed by atoms with Gasteiger partial charge in [0.05, 0.1) is 12.8 Å². The molecule has 0 bridgehead atoms. The van der Waals surface area contributed by atoms with Crippen molar-refractivity contribution in [2.75, 3.05) is 17.2 Å². The van der Waals surface area contributed by atoms with Crippen LogP contribution in [0.3, 0.4) is 0 Å². The molecule has 0 radical (unpaired) electrons. The second kappa shape index (κ2) is 7.77. The van der Waals surface area contributed by atoms with Crippen molar-refractivity contribution in [2.24, 2.45) is 0 Å². The maximum atomic E-state index is 11.8. The number of benzene rings is 1. The fourth-order valence-electron chi connectivity index (χ4n) is 1.93. The molecule has 0 aliphatic carbocycles. The number of amides is 1. The second-order valence-electron chi connectivity index (χ2n) is 4.89. The average molecular weight is 324 g/mol. The molecular formula is C17H16N4O3. The fourth-order valence-corrected chi connectivity index (χ4v) is 1.93. The fraction of sp³-hybridized carbons (Fsp3) is 0.118. The summed E-state index contributed by atoms with van der Waals surface area (Å²) in [5.41, 5.74) is 0. The zero-order chi connectivity index (χ0) is 16.6. The normalized spacial score (nSPS) is 10.2. The lowest BCUT2D eigenvalue weighted by molar-refractivity contribution is -0.118. The summed E-state index contributed by atoms with van der Waals surface area (Å²) in [6.07, 6.45) is 1.61. The Morgan fingerprint density at radius 1 is 1.00 bits per heavy atom. The third-order valence-corrected chi connectivity index (χ3v) is 3.07. The second-order valence-corrected chi connectivity index (χ2v) is 4.89. The molecular weight excluding hydrogens is 308 g/mol. The maximum absolute atomic E-state index is 11.8. The van der Waals surface area contributed by atoms with E-state index >= 15 is 0 Å². The topological polar surface area (TPSA) is 89.3 Å². The number of aromatic nitrogens is 2. The number of hydrogen-bond acceptors (Lipinski definition) is 6. The Hall–Kier alpha value is -3.35. The van der Waals surface area contributed by atoms with Crippen LogP contribution in [-0.4, -0.2) is 22.7 Å². The third-order valence-electron chi connectivity index (χ3n) is 3.07. The minimum absolute atomic E-state index is 0.0931. The van der Waals surface area contributed by atoms with E-state index in [1.165, 1.54) is 0 Å². The minimum Gasteiger partial charge on any atom is -0.484 e. The van der Waals surface area contributed by atoms with E-state index in [-0.39, 0.29) is 12.5 Å². The molecule has 0 aliphatic rings. The van der Waals surface area contributed by atoms with Crippen LogP contribution in [0, 0.1) is 0 Å². The first-order valence-electron chi connectivity index (χ1n) is 7.37. The van der Waals surface area contributed by atoms with Gasteiger partial charge in [-0.15, -0.1) is 10.2 Å². The summed E-state index contributed by atoms with van der Waals surface area (Å²) in [5.74, 6) is 2.08. The molecule has 122 valence electrons. The number of ether oxygens (including phenoxy) is 1. The van der Waals surface area contributed by atoms with Crippen molar-refractivity contribution in [1.82, 2.24) is 10.2 Å². The molecule has 0 saturated heterocycles. The molecule has 2 aromatic heterocycles. The van der Waals surface area contributed by atoms with Gasteiger partial charge in [0.2, 0.25) is 0 Å². The number of carbonyl (C=O) groups is 1. The van der Waals surface area contributed by atoms with E-state index in [0.717, 1.165) is 5.76 Å². The summed E-state index contributed by atoms with van der Waals surface area (Å²) >= 11 is 0. The molecule has 3 rings (SSSR count). The molecule has 0 spiro atoms. The van der Waals surface area contributed by atoms with E-state index in [2.05, 4.69) is 20.8 Å². The van der Waals surface area contributed by atoms with Crippen LogP contribution in [0.4, 0.5) is 11.6 Å². The monoisotopic (exact) mass is 324 g/mol. The number of para-hydroxylation sites is 1. The Bertz CT molecular complexity index is 758. The lowest BCUT2D eigenvalue weighted by Crippen LogP contribution is -2.21. The van der Waals surface area contributed by atoms with E-state index in [1.807, 2.05) is 30.3 Å². The Kier molecular flexibility index (Phi) is 5.03. The summed E-state index contributed by atoms with van der Waals surface area (Å²) in [6.45, 7) is 0.419. The molecule has 0 unspecified atom stereocenters. The predicted octanol–water partition coefficient (Wildman–Crippen LogP) is 2.70. The highest BCUT2D eigenvalue weighted by Crippen LogP contribution is 2.10. The third kappa shape index (κ3) is 4.57. The van der Waals surface area contributed by atoms with Crippen molar-refractivity contribution in [1.29, 1.82) is 0 Å². The number of rotatable bonds is 7. The van der Waals surface area contributed by atoms with E-state index < -0.39 is 0 Å². The van der Waals surface area contributed by atoms with Crippen LogP contribution in [0.1, 0.15) is 5.76 Å². The summed E-state index contributed by atoms with van der Waals surface area (Å²) in [6, 6.07) is 16.2. The van der Waals surface area contributed by atoms with Crippen molar-refractivity contribution >= 4 is 17.5 Å². The van der Waals surface area contributed by atoms with Gasteiger partial charge in [-0.05, 0) is 36.4 Å². The van der Waals surface area contributed by atoms with E-state index in [0.29, 0.717) is 23.9 Å². The first-order valence-corrected chi connectivity index (χ1v) is 7.37. The van der Waals surface area contributed by atoms with Crippen LogP contribution < -0.4 is 15.4 Å². The first kappa shape index (κ1) is 15.5. The maximum Gasteiger partial charge on any atom is 0.263 e. The van der Waals surface area contributed by atoms with E-state index in [4.69, 9.17) is 9.15 Å². The van der Waals surface area contributed by atoms with Crippen LogP contribution in [0.15, 0.2) is 65.3 Å². The van der Waals surface area contributed by atoms with Gasteiger partial charge in [-0.2, -0.15) is 0 Å². The molecule has 0 aliphatic heterocycles. The molecule has 2 heterocycles. The SMILES string of the molecule is O=C(COc1ccccc1)Nc1ccc(NCc2ccco2)nn1.